The van der Waals surface area contributed by atoms with E-state index in [-0.39, 0.29) is 11.4 Å². The average molecular weight is 148 g/mol. The van der Waals surface area contributed by atoms with Crippen molar-refractivity contribution < 1.29 is 9.53 Å². The van der Waals surface area contributed by atoms with Crippen LogP contribution in [0, 0.1) is 22.8 Å². The van der Waals surface area contributed by atoms with Gasteiger partial charge in [0.25, 0.3) is 6.26 Å². The number of ether oxygens (including phenoxy) is 1. The molecule has 0 unspecified atom stereocenters. The Kier molecular flexibility index (Phi) is 1.62. The average Bonchev–Trinajstić information content (AvgIpc) is 1.86. The molecule has 1 aliphatic heterocycles. The number of azo groups is 1. The highest BCUT2D eigenvalue weighted by atomic mass is 16.5. The van der Waals surface area contributed by atoms with Gasteiger partial charge in [0.2, 0.25) is 5.70 Å². The summed E-state index contributed by atoms with van der Waals surface area (Å²) in [5.41, 5.74) is -0.306. The Bertz CT molecular complexity index is 340. The third-order valence-electron chi connectivity index (χ3n) is 0.912. The Hall–Kier alpha value is -2.21. The summed E-state index contributed by atoms with van der Waals surface area (Å²) in [6, 6.07) is 1.60. The lowest BCUT2D eigenvalue weighted by Gasteiger charge is -2.01. The minimum atomic E-state index is -0.945. The topological polar surface area (TPSA) is 98.6 Å². The van der Waals surface area contributed by atoms with Gasteiger partial charge in [0.15, 0.2) is 5.70 Å². The van der Waals surface area contributed by atoms with Crippen LogP contribution in [0.5, 0.6) is 0 Å². The molecule has 6 heteroatoms. The van der Waals surface area contributed by atoms with Gasteiger partial charge in [0, 0.05) is 0 Å². The second-order valence-electron chi connectivity index (χ2n) is 1.49. The van der Waals surface area contributed by atoms with Crippen LogP contribution in [-0.4, -0.2) is 5.97 Å². The zero-order valence-electron chi connectivity index (χ0n) is 5.11. The molecule has 0 N–H and O–H groups in total. The molecule has 0 aromatic rings. The van der Waals surface area contributed by atoms with Gasteiger partial charge in [-0.2, -0.15) is 5.26 Å². The van der Waals surface area contributed by atoms with Crippen molar-refractivity contribution in [3.05, 3.63) is 11.4 Å². The Morgan fingerprint density at radius 1 is 1.45 bits per heavy atom. The van der Waals surface area contributed by atoms with Gasteiger partial charge < -0.3 is 4.74 Å². The number of rotatable bonds is 1. The molecular formula is C5N4O2. The molecule has 6 nitrogen and oxygen atoms in total. The highest BCUT2D eigenvalue weighted by Crippen LogP contribution is 2.19. The highest BCUT2D eigenvalue weighted by molar-refractivity contribution is 5.91. The Morgan fingerprint density at radius 2 is 2.18 bits per heavy atom. The highest BCUT2D eigenvalue weighted by Gasteiger charge is 2.23. The molecule has 0 radical (unpaired) electrons. The van der Waals surface area contributed by atoms with Gasteiger partial charge >= 0.3 is 5.97 Å². The van der Waals surface area contributed by atoms with Crippen LogP contribution in [0.2, 0.25) is 0 Å². The molecule has 0 atom stereocenters. The van der Waals surface area contributed by atoms with Crippen LogP contribution in [0.15, 0.2) is 21.6 Å². The number of esters is 1. The molecule has 0 amide bonds. The van der Waals surface area contributed by atoms with E-state index in [0.717, 1.165) is 0 Å². The van der Waals surface area contributed by atoms with Gasteiger partial charge in [-0.05, 0) is 0 Å². The summed E-state index contributed by atoms with van der Waals surface area (Å²) in [6.07, 6.45) is 1.17. The van der Waals surface area contributed by atoms with Gasteiger partial charge in [-0.25, -0.2) is 4.79 Å². The van der Waals surface area contributed by atoms with Crippen molar-refractivity contribution in [2.45, 2.75) is 0 Å². The second-order valence-corrected chi connectivity index (χ2v) is 1.49. The molecule has 0 aliphatic carbocycles. The normalized spacial score (nSPS) is 12.9. The van der Waals surface area contributed by atoms with Crippen molar-refractivity contribution in [2.75, 3.05) is 0 Å². The van der Waals surface area contributed by atoms with E-state index in [1.807, 2.05) is 0 Å². The zero-order valence-corrected chi connectivity index (χ0v) is 5.11. The number of hydrogen-bond donors (Lipinski definition) is 0. The monoisotopic (exact) mass is 148 g/mol. The summed E-state index contributed by atoms with van der Waals surface area (Å²) in [5.74, 6) is -0.945. The van der Waals surface area contributed by atoms with E-state index in [4.69, 9.17) is 10.5 Å². The lowest BCUT2D eigenvalue weighted by molar-refractivity contribution is -0.133. The molecule has 0 spiro atoms. The minimum Gasteiger partial charge on any atom is -0.346 e. The molecule has 0 aromatic heterocycles. The van der Waals surface area contributed by atoms with Crippen molar-refractivity contribution in [2.24, 2.45) is 10.2 Å². The first-order chi connectivity index (χ1) is 5.29. The predicted octanol–water partition coefficient (Wildman–Crippen LogP) is 0.212. The van der Waals surface area contributed by atoms with Gasteiger partial charge in [0.1, 0.15) is 6.07 Å². The molecule has 11 heavy (non-hydrogen) atoms. The zero-order chi connectivity index (χ0) is 8.27. The van der Waals surface area contributed by atoms with E-state index in [2.05, 4.69) is 15.0 Å². The van der Waals surface area contributed by atoms with Crippen molar-refractivity contribution in [3.63, 3.8) is 0 Å². The fourth-order valence-corrected chi connectivity index (χ4v) is 0.453. The molecule has 0 saturated carbocycles. The van der Waals surface area contributed by atoms with Crippen LogP contribution < -0.4 is 0 Å². The van der Waals surface area contributed by atoms with Crippen molar-refractivity contribution in [1.82, 2.24) is 0 Å². The number of nitrogens with zero attached hydrogens (tertiary/aromatic N) is 4. The summed E-state index contributed by atoms with van der Waals surface area (Å²) >= 11 is 0. The molecule has 1 rings (SSSR count). The minimum absolute atomic E-state index is 0.106. The lowest BCUT2D eigenvalue weighted by Crippen LogP contribution is -2.08. The molecular weight excluding hydrogens is 148 g/mol. The van der Waals surface area contributed by atoms with Crippen LogP contribution in [0.25, 0.3) is 0 Å². The van der Waals surface area contributed by atoms with Crippen LogP contribution in [0.4, 0.5) is 0 Å². The maximum absolute atomic E-state index is 10.6. The number of carbonyl (C=O) groups excluding carboxylic acids is 1. The van der Waals surface area contributed by atoms with Gasteiger partial charge in [-0.1, -0.05) is 0 Å². The smallest absolute Gasteiger partial charge is 0.346 e. The molecule has 1 aliphatic rings. The number of allylic oxidation sites excluding steroid dienone is 1. The van der Waals surface area contributed by atoms with E-state index in [0.29, 0.717) is 0 Å². The summed E-state index contributed by atoms with van der Waals surface area (Å²) in [7, 11) is 0. The third kappa shape index (κ3) is 1.05. The largest absolute Gasteiger partial charge is 0.377 e. The fraction of sp³-hybridized carbons (Fsp3) is 0. The molecule has 0 bridgehead atoms. The van der Waals surface area contributed by atoms with Crippen LogP contribution in [-0.2, 0) is 9.53 Å². The van der Waals surface area contributed by atoms with Crippen molar-refractivity contribution >= 4 is 5.97 Å². The first kappa shape index (κ1) is 6.90. The van der Waals surface area contributed by atoms with Gasteiger partial charge in [-0.15, -0.1) is 15.5 Å². The molecule has 1 heterocycles. The quantitative estimate of drug-likeness (QED) is 0.392. The van der Waals surface area contributed by atoms with Crippen LogP contribution in [0.1, 0.15) is 0 Å². The van der Waals surface area contributed by atoms with Crippen LogP contribution in [0.3, 0.4) is 0 Å². The molecule has 0 fully saturated rings. The molecule has 52 valence electrons. The maximum Gasteiger partial charge on any atom is 0.377 e. The summed E-state index contributed by atoms with van der Waals surface area (Å²) in [4.78, 5) is 10.6. The third-order valence-corrected chi connectivity index (χ3v) is 0.912. The maximum atomic E-state index is 10.6. The first-order valence-electron chi connectivity index (χ1n) is 2.46. The van der Waals surface area contributed by atoms with Gasteiger partial charge in [-0.3, -0.25) is 0 Å². The molecule has 0 saturated heterocycles. The van der Waals surface area contributed by atoms with E-state index < -0.39 is 5.97 Å². The van der Waals surface area contributed by atoms with E-state index in [1.54, 1.807) is 6.07 Å². The van der Waals surface area contributed by atoms with Crippen LogP contribution >= 0.6 is 0 Å². The Labute approximate surface area is 61.0 Å². The van der Waals surface area contributed by atoms with Crippen molar-refractivity contribution in [1.29, 1.82) is 10.5 Å². The van der Waals surface area contributed by atoms with Crippen molar-refractivity contribution in [3.8, 4) is 12.3 Å². The summed E-state index contributed by atoms with van der Waals surface area (Å²) in [5, 5.41) is 22.5. The molecule has 0 aromatic carbocycles. The number of nitriles is 2. The Morgan fingerprint density at radius 3 is 2.55 bits per heavy atom. The summed E-state index contributed by atoms with van der Waals surface area (Å²) in [6.45, 7) is 0. The van der Waals surface area contributed by atoms with Gasteiger partial charge in [0.05, 0.1) is 0 Å². The number of hydrogen-bond acceptors (Lipinski definition) is 6. The SMILES string of the molecule is N#COC(=O)C1=C(C#N)N=N1. The Balaban J connectivity index is 2.74. The fourth-order valence-electron chi connectivity index (χ4n) is 0.453. The first-order valence-corrected chi connectivity index (χ1v) is 2.46. The van der Waals surface area contributed by atoms with E-state index >= 15 is 0 Å². The van der Waals surface area contributed by atoms with E-state index in [9.17, 15) is 4.79 Å². The van der Waals surface area contributed by atoms with E-state index in [1.165, 1.54) is 6.26 Å². The number of carbonyl (C=O) groups is 1. The second kappa shape index (κ2) is 2.58. The predicted molar refractivity (Wildman–Crippen MR) is 29.2 cm³/mol. The summed E-state index contributed by atoms with van der Waals surface area (Å²) < 4.78 is 3.88. The standard InChI is InChI=1S/C5N4O2/c6-1-3-4(9-8-3)5(10)11-2-7. The lowest BCUT2D eigenvalue weighted by atomic mass is 10.3.